The zero-order valence-corrected chi connectivity index (χ0v) is 10.3. The van der Waals surface area contributed by atoms with Gasteiger partial charge in [-0.05, 0) is 25.1 Å². The number of benzene rings is 1. The van der Waals surface area contributed by atoms with Crippen LogP contribution in [-0.4, -0.2) is 17.4 Å². The third-order valence-electron chi connectivity index (χ3n) is 2.11. The molecule has 0 atom stereocenters. The molecule has 0 N–H and O–H groups in total. The van der Waals surface area contributed by atoms with Crippen LogP contribution in [-0.2, 0) is 4.79 Å². The second kappa shape index (κ2) is 4.61. The topological polar surface area (TPSA) is 39.2 Å². The number of carbonyl (C=O) groups is 1. The Morgan fingerprint density at radius 2 is 2.25 bits per heavy atom. The van der Waals surface area contributed by atoms with Crippen molar-refractivity contribution in [2.75, 3.05) is 6.61 Å². The van der Waals surface area contributed by atoms with E-state index in [-0.39, 0.29) is 12.4 Å². The van der Waals surface area contributed by atoms with E-state index in [1.807, 2.05) is 24.3 Å². The van der Waals surface area contributed by atoms with Gasteiger partial charge in [-0.1, -0.05) is 22.0 Å². The van der Waals surface area contributed by atoms with E-state index in [4.69, 9.17) is 4.74 Å². The van der Waals surface area contributed by atoms with E-state index in [0.717, 1.165) is 15.4 Å². The van der Waals surface area contributed by atoms with Gasteiger partial charge in [-0.3, -0.25) is 9.78 Å². The molecule has 2 aromatic rings. The fourth-order valence-corrected chi connectivity index (χ4v) is 1.86. The van der Waals surface area contributed by atoms with Crippen molar-refractivity contribution in [3.63, 3.8) is 0 Å². The molecule has 0 unspecified atom stereocenters. The van der Waals surface area contributed by atoms with Crippen molar-refractivity contribution in [3.05, 3.63) is 34.9 Å². The van der Waals surface area contributed by atoms with Crippen LogP contribution in [0.2, 0.25) is 0 Å². The van der Waals surface area contributed by atoms with E-state index in [0.29, 0.717) is 5.75 Å². The first-order valence-corrected chi connectivity index (χ1v) is 5.63. The van der Waals surface area contributed by atoms with Crippen LogP contribution in [0.3, 0.4) is 0 Å². The highest BCUT2D eigenvalue weighted by Gasteiger charge is 2.06. The number of ether oxygens (including phenoxy) is 1. The molecule has 0 fully saturated rings. The van der Waals surface area contributed by atoms with Crippen molar-refractivity contribution in [1.82, 2.24) is 4.98 Å². The molecule has 0 aliphatic carbocycles. The second-order valence-electron chi connectivity index (χ2n) is 3.44. The summed E-state index contributed by atoms with van der Waals surface area (Å²) >= 11 is 3.45. The van der Waals surface area contributed by atoms with Crippen molar-refractivity contribution in [2.24, 2.45) is 0 Å². The first-order chi connectivity index (χ1) is 7.68. The lowest BCUT2D eigenvalue weighted by atomic mass is 10.2. The molecule has 0 aliphatic heterocycles. The van der Waals surface area contributed by atoms with Gasteiger partial charge in [0, 0.05) is 16.1 Å². The molecule has 0 aliphatic rings. The minimum atomic E-state index is -0.00741. The highest BCUT2D eigenvalue weighted by atomic mass is 79.9. The molecule has 0 spiro atoms. The summed E-state index contributed by atoms with van der Waals surface area (Å²) in [5, 5.41) is 0.976. The number of nitrogens with zero attached hydrogens (tertiary/aromatic N) is 1. The van der Waals surface area contributed by atoms with Crippen molar-refractivity contribution < 1.29 is 9.53 Å². The minimum absolute atomic E-state index is 0.00741. The summed E-state index contributed by atoms with van der Waals surface area (Å²) in [4.78, 5) is 15.1. The van der Waals surface area contributed by atoms with Gasteiger partial charge < -0.3 is 4.74 Å². The van der Waals surface area contributed by atoms with Crippen LogP contribution >= 0.6 is 15.9 Å². The van der Waals surface area contributed by atoms with Gasteiger partial charge in [-0.15, -0.1) is 0 Å². The number of halogens is 1. The van der Waals surface area contributed by atoms with E-state index in [1.165, 1.54) is 6.92 Å². The third kappa shape index (κ3) is 2.22. The maximum absolute atomic E-state index is 10.9. The number of hydrogen-bond acceptors (Lipinski definition) is 3. The lowest BCUT2D eigenvalue weighted by Gasteiger charge is -2.07. The van der Waals surface area contributed by atoms with Crippen LogP contribution in [0, 0.1) is 0 Å². The Morgan fingerprint density at radius 3 is 3.00 bits per heavy atom. The highest BCUT2D eigenvalue weighted by molar-refractivity contribution is 9.10. The van der Waals surface area contributed by atoms with Crippen LogP contribution < -0.4 is 4.74 Å². The van der Waals surface area contributed by atoms with Gasteiger partial charge in [-0.2, -0.15) is 0 Å². The first-order valence-electron chi connectivity index (χ1n) is 4.84. The number of Topliss-reactive ketones (excluding diaryl/α,β-unsaturated/α-hetero) is 1. The van der Waals surface area contributed by atoms with Gasteiger partial charge in [0.1, 0.15) is 17.9 Å². The Kier molecular flexibility index (Phi) is 3.19. The number of aromatic nitrogens is 1. The number of carbonyl (C=O) groups excluding carboxylic acids is 1. The largest absolute Gasteiger partial charge is 0.484 e. The zero-order valence-electron chi connectivity index (χ0n) is 8.74. The van der Waals surface area contributed by atoms with Crippen molar-refractivity contribution in [3.8, 4) is 5.75 Å². The predicted molar refractivity (Wildman–Crippen MR) is 65.6 cm³/mol. The number of hydrogen-bond donors (Lipinski definition) is 0. The highest BCUT2D eigenvalue weighted by Crippen LogP contribution is 2.29. The van der Waals surface area contributed by atoms with Crippen LogP contribution in [0.15, 0.2) is 34.9 Å². The van der Waals surface area contributed by atoms with E-state index in [1.54, 1.807) is 6.20 Å². The second-order valence-corrected chi connectivity index (χ2v) is 4.29. The van der Waals surface area contributed by atoms with Gasteiger partial charge in [0.15, 0.2) is 5.78 Å². The fraction of sp³-hybridized carbons (Fsp3) is 0.167. The molecule has 3 nitrogen and oxygen atoms in total. The van der Waals surface area contributed by atoms with E-state index < -0.39 is 0 Å². The third-order valence-corrected chi connectivity index (χ3v) is 2.80. The quantitative estimate of drug-likeness (QED) is 0.867. The Morgan fingerprint density at radius 1 is 1.44 bits per heavy atom. The summed E-state index contributed by atoms with van der Waals surface area (Å²) in [6, 6.07) is 7.51. The Hall–Kier alpha value is -1.42. The van der Waals surface area contributed by atoms with Crippen LogP contribution in [0.1, 0.15) is 6.92 Å². The molecule has 1 aromatic heterocycles. The molecule has 1 heterocycles. The van der Waals surface area contributed by atoms with Crippen LogP contribution in [0.25, 0.3) is 10.9 Å². The van der Waals surface area contributed by atoms with Crippen molar-refractivity contribution >= 4 is 32.6 Å². The number of ketones is 1. The lowest BCUT2D eigenvalue weighted by Crippen LogP contribution is -2.07. The van der Waals surface area contributed by atoms with Gasteiger partial charge >= 0.3 is 0 Å². The normalized spacial score (nSPS) is 10.4. The monoisotopic (exact) mass is 279 g/mol. The summed E-state index contributed by atoms with van der Waals surface area (Å²) in [7, 11) is 0. The van der Waals surface area contributed by atoms with E-state index in [9.17, 15) is 4.79 Å². The molecule has 0 amide bonds. The SMILES string of the molecule is CC(=O)COc1ccc(Br)c2cccnc12. The van der Waals surface area contributed by atoms with Gasteiger partial charge in [0.2, 0.25) is 0 Å². The molecule has 82 valence electrons. The fourth-order valence-electron chi connectivity index (χ4n) is 1.41. The maximum atomic E-state index is 10.9. The number of rotatable bonds is 3. The Bertz CT molecular complexity index is 540. The summed E-state index contributed by atoms with van der Waals surface area (Å²) in [6.45, 7) is 1.57. The molecule has 0 radical (unpaired) electrons. The predicted octanol–water partition coefficient (Wildman–Crippen LogP) is 2.97. The minimum Gasteiger partial charge on any atom is -0.484 e. The molecule has 2 rings (SSSR count). The van der Waals surface area contributed by atoms with E-state index in [2.05, 4.69) is 20.9 Å². The zero-order chi connectivity index (χ0) is 11.5. The molecular weight excluding hydrogens is 270 g/mol. The van der Waals surface area contributed by atoms with Crippen LogP contribution in [0.5, 0.6) is 5.75 Å². The van der Waals surface area contributed by atoms with Crippen molar-refractivity contribution in [2.45, 2.75) is 6.92 Å². The smallest absolute Gasteiger partial charge is 0.167 e. The Labute approximate surface area is 102 Å². The average Bonchev–Trinajstić information content (AvgIpc) is 2.28. The molecule has 0 saturated carbocycles. The van der Waals surface area contributed by atoms with Gasteiger partial charge in [-0.25, -0.2) is 0 Å². The summed E-state index contributed by atoms with van der Waals surface area (Å²) in [5.74, 6) is 0.626. The maximum Gasteiger partial charge on any atom is 0.167 e. The summed E-state index contributed by atoms with van der Waals surface area (Å²) < 4.78 is 6.37. The molecule has 0 bridgehead atoms. The van der Waals surface area contributed by atoms with Crippen molar-refractivity contribution in [1.29, 1.82) is 0 Å². The van der Waals surface area contributed by atoms with Gasteiger partial charge in [0.05, 0.1) is 0 Å². The molecule has 4 heteroatoms. The van der Waals surface area contributed by atoms with Crippen LogP contribution in [0.4, 0.5) is 0 Å². The average molecular weight is 280 g/mol. The standard InChI is InChI=1S/C12H10BrNO2/c1-8(15)7-16-11-5-4-10(13)9-3-2-6-14-12(9)11/h2-6H,7H2,1H3. The van der Waals surface area contributed by atoms with Gasteiger partial charge in [0.25, 0.3) is 0 Å². The summed E-state index contributed by atoms with van der Waals surface area (Å²) in [5.41, 5.74) is 0.762. The summed E-state index contributed by atoms with van der Waals surface area (Å²) in [6.07, 6.45) is 1.70. The molecule has 0 saturated heterocycles. The van der Waals surface area contributed by atoms with E-state index >= 15 is 0 Å². The molecular formula is C12H10BrNO2. The number of fused-ring (bicyclic) bond motifs is 1. The number of pyridine rings is 1. The first kappa shape index (κ1) is 11.1. The molecule has 1 aromatic carbocycles. The Balaban J connectivity index is 2.46. The molecule has 16 heavy (non-hydrogen) atoms. The lowest BCUT2D eigenvalue weighted by molar-refractivity contribution is -0.118.